The van der Waals surface area contributed by atoms with Gasteiger partial charge in [-0.2, -0.15) is 0 Å². The molecule has 2 rings (SSSR count). The molecule has 0 spiro atoms. The Kier molecular flexibility index (Phi) is 10.3. The summed E-state index contributed by atoms with van der Waals surface area (Å²) in [6.45, 7) is 1.03. The van der Waals surface area contributed by atoms with Gasteiger partial charge in [0.2, 0.25) is 0 Å². The van der Waals surface area contributed by atoms with Crippen LogP contribution < -0.4 is 14.0 Å². The summed E-state index contributed by atoms with van der Waals surface area (Å²) in [6.07, 6.45) is 4.98. The second-order valence-corrected chi connectivity index (χ2v) is 6.86. The van der Waals surface area contributed by atoms with Gasteiger partial charge in [-0.25, -0.2) is 13.0 Å². The van der Waals surface area contributed by atoms with Crippen molar-refractivity contribution in [3.8, 4) is 11.5 Å². The Hall–Kier alpha value is -2.20. The quantitative estimate of drug-likeness (QED) is 0.360. The number of pyridine rings is 1. The van der Waals surface area contributed by atoms with E-state index in [9.17, 15) is 13.0 Å². The van der Waals surface area contributed by atoms with Crippen LogP contribution in [0.3, 0.4) is 0 Å². The van der Waals surface area contributed by atoms with Crippen molar-refractivity contribution in [2.75, 3.05) is 26.4 Å². The van der Waals surface area contributed by atoms with Gasteiger partial charge in [-0.05, 0) is 18.2 Å². The summed E-state index contributed by atoms with van der Waals surface area (Å²) >= 11 is 0. The zero-order chi connectivity index (χ0) is 20.1. The number of hydrogen-bond acceptors (Lipinski definition) is 7. The minimum absolute atomic E-state index is 0.000452. The summed E-state index contributed by atoms with van der Waals surface area (Å²) in [6, 6.07) is 9.15. The predicted octanol–water partition coefficient (Wildman–Crippen LogP) is 0.624. The highest BCUT2D eigenvalue weighted by Gasteiger charge is 2.02. The van der Waals surface area contributed by atoms with Gasteiger partial charge in [0.15, 0.2) is 12.4 Å². The van der Waals surface area contributed by atoms with Crippen molar-refractivity contribution in [3.05, 3.63) is 48.8 Å². The number of nitrogens with zero attached hydrogens (tertiary/aromatic N) is 1. The van der Waals surface area contributed by atoms with E-state index >= 15 is 0 Å². The second-order valence-electron chi connectivity index (χ2n) is 5.48. The Morgan fingerprint density at radius 2 is 1.52 bits per heavy atom. The largest absolute Gasteiger partial charge is 0.744 e. The van der Waals surface area contributed by atoms with Crippen LogP contribution in [0.5, 0.6) is 11.5 Å². The highest BCUT2D eigenvalue weighted by molar-refractivity contribution is 7.85. The van der Waals surface area contributed by atoms with Crippen LogP contribution in [0.2, 0.25) is 0 Å². The summed E-state index contributed by atoms with van der Waals surface area (Å²) in [5, 5.41) is 17.0. The summed E-state index contributed by atoms with van der Waals surface area (Å²) < 4.78 is 44.4. The number of aromatic nitrogens is 1. The number of benzene rings is 1. The molecule has 0 saturated heterocycles. The van der Waals surface area contributed by atoms with E-state index in [0.29, 0.717) is 25.2 Å². The van der Waals surface area contributed by atoms with E-state index < -0.39 is 10.1 Å². The minimum atomic E-state index is -4.44. The molecule has 0 amide bonds. The van der Waals surface area contributed by atoms with Gasteiger partial charge < -0.3 is 24.2 Å². The molecule has 0 bridgehead atoms. The van der Waals surface area contributed by atoms with E-state index in [4.69, 9.17) is 19.7 Å². The first kappa shape index (κ1) is 22.8. The van der Waals surface area contributed by atoms with Gasteiger partial charge in [0.05, 0.1) is 18.1 Å². The number of rotatable bonds is 9. The monoisotopic (exact) mass is 399 g/mol. The van der Waals surface area contributed by atoms with Gasteiger partial charge in [-0.3, -0.25) is 0 Å². The van der Waals surface area contributed by atoms with Crippen molar-refractivity contribution in [1.29, 1.82) is 0 Å². The highest BCUT2D eigenvalue weighted by atomic mass is 32.2. The predicted molar refractivity (Wildman–Crippen MR) is 96.4 cm³/mol. The number of aliphatic hydroxyl groups excluding tert-OH is 2. The standard InChI is InChI=1S/C9H14NO2.C9H12O5S/c1-10-5-3-9(4-6-10)12-8-2-7-11;10-5-2-6-14-8-3-1-4-9(7-8)15(11,12)13/h3-6,11H,2,7-8H2,1H3;1,3-4,7,10H,2,5-6H2,(H,11,12,13)/q+1;/p-1. The number of aryl methyl sites for hydroxylation is 1. The fraction of sp³-hybridized carbons (Fsp3) is 0.389. The topological polar surface area (TPSA) is 120 Å². The Morgan fingerprint density at radius 3 is 2.04 bits per heavy atom. The number of ether oxygens (including phenoxy) is 2. The maximum Gasteiger partial charge on any atom is 0.172 e. The first-order chi connectivity index (χ1) is 12.9. The summed E-state index contributed by atoms with van der Waals surface area (Å²) in [4.78, 5) is -0.316. The van der Waals surface area contributed by atoms with Crippen LogP contribution in [0, 0.1) is 0 Å². The lowest BCUT2D eigenvalue weighted by atomic mass is 10.3. The SMILES string of the molecule is C[n+]1ccc(OCCCO)cc1.O=S(=O)([O-])c1cccc(OCCCO)c1. The third kappa shape index (κ3) is 9.90. The molecule has 0 aliphatic carbocycles. The third-order valence-electron chi connectivity index (χ3n) is 3.18. The molecule has 0 unspecified atom stereocenters. The summed E-state index contributed by atoms with van der Waals surface area (Å²) in [7, 11) is -2.48. The van der Waals surface area contributed by atoms with Gasteiger partial charge in [-0.1, -0.05) is 6.07 Å². The van der Waals surface area contributed by atoms with Crippen molar-refractivity contribution in [2.45, 2.75) is 17.7 Å². The fourth-order valence-electron chi connectivity index (χ4n) is 1.81. The molecule has 8 nitrogen and oxygen atoms in total. The Morgan fingerprint density at radius 1 is 0.963 bits per heavy atom. The van der Waals surface area contributed by atoms with Crippen LogP contribution in [0.25, 0.3) is 0 Å². The smallest absolute Gasteiger partial charge is 0.172 e. The molecular weight excluding hydrogens is 374 g/mol. The molecule has 2 aromatic rings. The lowest BCUT2D eigenvalue weighted by Gasteiger charge is -2.09. The van der Waals surface area contributed by atoms with Crippen LogP contribution in [0.4, 0.5) is 0 Å². The maximum absolute atomic E-state index is 10.7. The Balaban J connectivity index is 0.000000277. The Labute approximate surface area is 159 Å². The second kappa shape index (κ2) is 12.2. The molecule has 0 atom stereocenters. The summed E-state index contributed by atoms with van der Waals surface area (Å²) in [5.41, 5.74) is 0. The van der Waals surface area contributed by atoms with Crippen molar-refractivity contribution in [2.24, 2.45) is 7.05 Å². The molecular formula is C18H25NO7S. The van der Waals surface area contributed by atoms with E-state index in [1.807, 2.05) is 36.1 Å². The maximum atomic E-state index is 10.7. The van der Waals surface area contributed by atoms with Gasteiger partial charge in [0, 0.05) is 38.2 Å². The normalized spacial score (nSPS) is 10.7. The molecule has 1 heterocycles. The zero-order valence-electron chi connectivity index (χ0n) is 15.2. The van der Waals surface area contributed by atoms with Crippen LogP contribution in [-0.4, -0.2) is 49.6 Å². The molecule has 150 valence electrons. The first-order valence-electron chi connectivity index (χ1n) is 8.35. The molecule has 1 aromatic carbocycles. The van der Waals surface area contributed by atoms with E-state index in [2.05, 4.69) is 0 Å². The Bertz CT molecular complexity index is 764. The van der Waals surface area contributed by atoms with E-state index in [1.165, 1.54) is 18.2 Å². The molecule has 9 heteroatoms. The van der Waals surface area contributed by atoms with Crippen LogP contribution in [0.1, 0.15) is 12.8 Å². The van der Waals surface area contributed by atoms with E-state index in [0.717, 1.165) is 5.75 Å². The van der Waals surface area contributed by atoms with Crippen molar-refractivity contribution in [1.82, 2.24) is 0 Å². The molecule has 0 aliphatic heterocycles. The van der Waals surface area contributed by atoms with E-state index in [-0.39, 0.29) is 24.7 Å². The van der Waals surface area contributed by atoms with Crippen molar-refractivity contribution in [3.63, 3.8) is 0 Å². The fourth-order valence-corrected chi connectivity index (χ4v) is 2.32. The van der Waals surface area contributed by atoms with Gasteiger partial charge in [-0.15, -0.1) is 0 Å². The molecule has 0 aliphatic rings. The lowest BCUT2D eigenvalue weighted by molar-refractivity contribution is -0.671. The van der Waals surface area contributed by atoms with Crippen LogP contribution in [0.15, 0.2) is 53.7 Å². The zero-order valence-corrected chi connectivity index (χ0v) is 16.0. The molecule has 0 radical (unpaired) electrons. The average molecular weight is 399 g/mol. The molecule has 2 N–H and O–H groups in total. The van der Waals surface area contributed by atoms with Crippen LogP contribution >= 0.6 is 0 Å². The molecule has 0 fully saturated rings. The van der Waals surface area contributed by atoms with Gasteiger partial charge >= 0.3 is 0 Å². The highest BCUT2D eigenvalue weighted by Crippen LogP contribution is 2.17. The summed E-state index contributed by atoms with van der Waals surface area (Å²) in [5.74, 6) is 1.15. The van der Waals surface area contributed by atoms with Crippen molar-refractivity contribution < 1.29 is 37.2 Å². The number of aliphatic hydroxyl groups is 2. The minimum Gasteiger partial charge on any atom is -0.744 e. The molecule has 0 saturated carbocycles. The van der Waals surface area contributed by atoms with Gasteiger partial charge in [0.1, 0.15) is 28.7 Å². The third-order valence-corrected chi connectivity index (χ3v) is 4.02. The first-order valence-corrected chi connectivity index (χ1v) is 9.76. The molecule has 27 heavy (non-hydrogen) atoms. The lowest BCUT2D eigenvalue weighted by Crippen LogP contribution is -2.25. The number of hydrogen-bond donors (Lipinski definition) is 2. The van der Waals surface area contributed by atoms with E-state index in [1.54, 1.807) is 6.07 Å². The van der Waals surface area contributed by atoms with Crippen molar-refractivity contribution >= 4 is 10.1 Å². The average Bonchev–Trinajstić information content (AvgIpc) is 2.64. The van der Waals surface area contributed by atoms with Crippen LogP contribution in [-0.2, 0) is 17.2 Å². The van der Waals surface area contributed by atoms with Gasteiger partial charge in [0.25, 0.3) is 0 Å². The molecule has 1 aromatic heterocycles.